The van der Waals surface area contributed by atoms with E-state index in [1.807, 2.05) is 52.0 Å². The fraction of sp³-hybridized carbons (Fsp3) is 0.455. The molecular formula is C33H39FNO6P. The lowest BCUT2D eigenvalue weighted by Gasteiger charge is -2.24. The van der Waals surface area contributed by atoms with Gasteiger partial charge in [0.1, 0.15) is 11.9 Å². The molecule has 2 atom stereocenters. The van der Waals surface area contributed by atoms with Crippen molar-refractivity contribution in [2.24, 2.45) is 0 Å². The van der Waals surface area contributed by atoms with E-state index in [1.54, 1.807) is 12.1 Å². The van der Waals surface area contributed by atoms with Crippen molar-refractivity contribution in [3.63, 3.8) is 0 Å². The minimum atomic E-state index is -3.32. The molecule has 2 aromatic carbocycles. The Hall–Kier alpha value is -2.90. The van der Waals surface area contributed by atoms with Crippen molar-refractivity contribution < 1.29 is 32.6 Å². The van der Waals surface area contributed by atoms with Crippen LogP contribution in [0.1, 0.15) is 76.1 Å². The van der Waals surface area contributed by atoms with Crippen molar-refractivity contribution in [2.45, 2.75) is 90.1 Å². The van der Waals surface area contributed by atoms with Gasteiger partial charge >= 0.3 is 13.6 Å². The summed E-state index contributed by atoms with van der Waals surface area (Å²) in [5.74, 6) is -0.447. The van der Waals surface area contributed by atoms with Gasteiger partial charge in [-0.1, -0.05) is 24.3 Å². The minimum Gasteiger partial charge on any atom is -0.458 e. The fourth-order valence-corrected chi connectivity index (χ4v) is 7.51. The number of fused-ring (bicyclic) bond motifs is 1. The van der Waals surface area contributed by atoms with Gasteiger partial charge in [-0.3, -0.25) is 14.3 Å². The Morgan fingerprint density at radius 2 is 1.79 bits per heavy atom. The molecule has 3 aromatic rings. The second-order valence-corrected chi connectivity index (χ2v) is 13.9. The highest BCUT2D eigenvalue weighted by Gasteiger charge is 2.31. The molecule has 0 amide bonds. The van der Waals surface area contributed by atoms with E-state index in [0.29, 0.717) is 18.8 Å². The summed E-state index contributed by atoms with van der Waals surface area (Å²) in [7, 11) is -3.32. The van der Waals surface area contributed by atoms with Gasteiger partial charge in [-0.2, -0.15) is 0 Å². The standard InChI is InChI=1S/C33H39FNO6P/c1-20(2)40-42(38,41-21(3)4)16-15-22-5-14-30-29(17-22)32(23-8-10-25(34)11-9-23)28(33(35-30)24-6-7-24)13-12-27-18-26(36)19-31(37)39-27/h5,8-14,17,20-21,24,26-27,36H,6-7,15-16,18-19H2,1-4H3/t26-,27-/m1/s1. The molecule has 1 N–H and O–H groups in total. The third-order valence-corrected chi connectivity index (χ3v) is 9.55. The molecule has 9 heteroatoms. The number of aromatic nitrogens is 1. The summed E-state index contributed by atoms with van der Waals surface area (Å²) in [5, 5.41) is 11.0. The monoisotopic (exact) mass is 595 g/mol. The lowest BCUT2D eigenvalue weighted by atomic mass is 9.91. The van der Waals surface area contributed by atoms with Crippen LogP contribution in [0.3, 0.4) is 0 Å². The molecule has 0 radical (unpaired) electrons. The number of aryl methyl sites for hydroxylation is 1. The molecule has 1 aliphatic heterocycles. The number of hydrogen-bond acceptors (Lipinski definition) is 7. The van der Waals surface area contributed by atoms with Crippen LogP contribution < -0.4 is 0 Å². The number of carbonyl (C=O) groups excluding carboxylic acids is 1. The number of hydrogen-bond donors (Lipinski definition) is 1. The number of carbonyl (C=O) groups is 1. The van der Waals surface area contributed by atoms with Crippen molar-refractivity contribution in [2.75, 3.05) is 6.16 Å². The molecule has 1 saturated carbocycles. The molecule has 0 bridgehead atoms. The van der Waals surface area contributed by atoms with E-state index >= 15 is 0 Å². The molecule has 1 aliphatic carbocycles. The van der Waals surface area contributed by atoms with Crippen LogP contribution >= 0.6 is 7.60 Å². The number of pyridine rings is 1. The molecule has 224 valence electrons. The van der Waals surface area contributed by atoms with Gasteiger partial charge in [-0.15, -0.1) is 0 Å². The third-order valence-electron chi connectivity index (χ3n) is 7.30. The molecule has 7 nitrogen and oxygen atoms in total. The van der Waals surface area contributed by atoms with E-state index in [9.17, 15) is 18.9 Å². The van der Waals surface area contributed by atoms with Crippen molar-refractivity contribution in [3.8, 4) is 11.1 Å². The van der Waals surface area contributed by atoms with E-state index in [1.165, 1.54) is 12.1 Å². The number of ether oxygens (including phenoxy) is 1. The normalized spacial score (nSPS) is 19.8. The van der Waals surface area contributed by atoms with Crippen LogP contribution in [0, 0.1) is 5.82 Å². The van der Waals surface area contributed by atoms with Crippen molar-refractivity contribution in [1.82, 2.24) is 4.98 Å². The number of cyclic esters (lactones) is 1. The van der Waals surface area contributed by atoms with Gasteiger partial charge in [0, 0.05) is 28.9 Å². The summed E-state index contributed by atoms with van der Waals surface area (Å²) in [5.41, 5.74) is 5.35. The largest absolute Gasteiger partial charge is 0.458 e. The van der Waals surface area contributed by atoms with Crippen LogP contribution in [0.15, 0.2) is 48.5 Å². The van der Waals surface area contributed by atoms with Crippen molar-refractivity contribution in [3.05, 3.63) is 71.2 Å². The maximum absolute atomic E-state index is 14.0. The van der Waals surface area contributed by atoms with Crippen LogP contribution in [-0.2, 0) is 29.6 Å². The Bertz CT molecular complexity index is 1500. The summed E-state index contributed by atoms with van der Waals surface area (Å²) in [4.78, 5) is 17.0. The van der Waals surface area contributed by atoms with Gasteiger partial charge in [0.05, 0.1) is 42.1 Å². The smallest absolute Gasteiger partial charge is 0.331 e. The Balaban J connectivity index is 1.59. The average Bonchev–Trinajstić information content (AvgIpc) is 3.75. The number of rotatable bonds is 11. The zero-order valence-electron chi connectivity index (χ0n) is 24.6. The van der Waals surface area contributed by atoms with Crippen LogP contribution in [0.5, 0.6) is 0 Å². The molecule has 2 fully saturated rings. The van der Waals surface area contributed by atoms with Gasteiger partial charge in [0.2, 0.25) is 0 Å². The molecule has 1 saturated heterocycles. The van der Waals surface area contributed by atoms with Crippen LogP contribution in [0.25, 0.3) is 28.1 Å². The number of esters is 1. The Morgan fingerprint density at radius 1 is 1.10 bits per heavy atom. The van der Waals surface area contributed by atoms with Gasteiger partial charge < -0.3 is 18.9 Å². The number of nitrogens with zero attached hydrogens (tertiary/aromatic N) is 1. The number of halogens is 1. The molecule has 5 rings (SSSR count). The average molecular weight is 596 g/mol. The molecule has 42 heavy (non-hydrogen) atoms. The number of aliphatic hydroxyl groups is 1. The predicted octanol–water partition coefficient (Wildman–Crippen LogP) is 7.58. The third kappa shape index (κ3) is 7.54. The van der Waals surface area contributed by atoms with E-state index in [2.05, 4.69) is 6.07 Å². The summed E-state index contributed by atoms with van der Waals surface area (Å²) in [6.45, 7) is 7.37. The second kappa shape index (κ2) is 12.8. The minimum absolute atomic E-state index is 0.00382. The van der Waals surface area contributed by atoms with Gasteiger partial charge in [-0.05, 0) is 88.4 Å². The Morgan fingerprint density at radius 3 is 2.40 bits per heavy atom. The first-order chi connectivity index (χ1) is 20.0. The lowest BCUT2D eigenvalue weighted by Crippen LogP contribution is -2.31. The highest BCUT2D eigenvalue weighted by molar-refractivity contribution is 7.53. The first kappa shape index (κ1) is 30.6. The summed E-state index contributed by atoms with van der Waals surface area (Å²) in [6.07, 6.45) is 5.07. The van der Waals surface area contributed by atoms with E-state index < -0.39 is 25.8 Å². The first-order valence-electron chi connectivity index (χ1n) is 14.7. The highest BCUT2D eigenvalue weighted by Crippen LogP contribution is 2.51. The van der Waals surface area contributed by atoms with Crippen molar-refractivity contribution >= 4 is 30.5 Å². The molecule has 2 aliphatic rings. The fourth-order valence-electron chi connectivity index (χ4n) is 5.43. The zero-order chi connectivity index (χ0) is 30.0. The van der Waals surface area contributed by atoms with Crippen LogP contribution in [0.4, 0.5) is 4.39 Å². The summed E-state index contributed by atoms with van der Waals surface area (Å²) < 4.78 is 44.5. The first-order valence-corrected chi connectivity index (χ1v) is 16.5. The van der Waals surface area contributed by atoms with Crippen LogP contribution in [0.2, 0.25) is 0 Å². The number of aliphatic hydroxyl groups excluding tert-OH is 1. The second-order valence-electron chi connectivity index (χ2n) is 11.8. The molecular weight excluding hydrogens is 556 g/mol. The number of benzene rings is 2. The Labute approximate surface area is 246 Å². The van der Waals surface area contributed by atoms with E-state index in [-0.39, 0.29) is 30.6 Å². The summed E-state index contributed by atoms with van der Waals surface area (Å²) >= 11 is 0. The molecule has 0 unspecified atom stereocenters. The van der Waals surface area contributed by atoms with Crippen LogP contribution in [-0.4, -0.2) is 46.6 Å². The lowest BCUT2D eigenvalue weighted by molar-refractivity contribution is -0.156. The topological polar surface area (TPSA) is 95.0 Å². The predicted molar refractivity (Wildman–Crippen MR) is 162 cm³/mol. The zero-order valence-corrected chi connectivity index (χ0v) is 25.5. The van der Waals surface area contributed by atoms with Gasteiger partial charge in [0.15, 0.2) is 0 Å². The van der Waals surface area contributed by atoms with Crippen molar-refractivity contribution in [1.29, 1.82) is 0 Å². The van der Waals surface area contributed by atoms with E-state index in [4.69, 9.17) is 18.8 Å². The quantitative estimate of drug-likeness (QED) is 0.180. The SMILES string of the molecule is CC(C)OP(=O)(CCc1ccc2nc(C3CC3)c(C=C[C@@H]3C[C@@H](O)CC(=O)O3)c(-c3ccc(F)cc3)c2c1)OC(C)C. The molecule has 2 heterocycles. The van der Waals surface area contributed by atoms with Gasteiger partial charge in [-0.25, -0.2) is 4.39 Å². The summed E-state index contributed by atoms with van der Waals surface area (Å²) in [6, 6.07) is 12.4. The molecule has 0 spiro atoms. The molecule has 1 aromatic heterocycles. The maximum atomic E-state index is 14.0. The van der Waals surface area contributed by atoms with Gasteiger partial charge in [0.25, 0.3) is 0 Å². The Kier molecular flexibility index (Phi) is 9.28. The highest BCUT2D eigenvalue weighted by atomic mass is 31.2. The maximum Gasteiger partial charge on any atom is 0.331 e. The van der Waals surface area contributed by atoms with E-state index in [0.717, 1.165) is 51.7 Å².